The molecule has 2 aliphatic carbocycles. The first-order valence-electron chi connectivity index (χ1n) is 6.96. The lowest BCUT2D eigenvalue weighted by atomic mass is 9.78. The number of hydrogen-bond acceptors (Lipinski definition) is 2. The molecule has 2 saturated carbocycles. The molecule has 4 heteroatoms. The van der Waals surface area contributed by atoms with E-state index < -0.39 is 11.9 Å². The zero-order valence-corrected chi connectivity index (χ0v) is 11.2. The Labute approximate surface area is 108 Å². The first-order valence-corrected chi connectivity index (χ1v) is 6.96. The lowest BCUT2D eigenvalue weighted by molar-refractivity contribution is -0.149. The summed E-state index contributed by atoms with van der Waals surface area (Å²) in [5.74, 6) is -1.14. The van der Waals surface area contributed by atoms with Gasteiger partial charge in [-0.3, -0.25) is 9.59 Å². The van der Waals surface area contributed by atoms with Gasteiger partial charge in [0.05, 0.1) is 11.8 Å². The highest BCUT2D eigenvalue weighted by Crippen LogP contribution is 2.40. The zero-order chi connectivity index (χ0) is 13.3. The molecule has 2 aliphatic rings. The molecule has 1 amide bonds. The predicted molar refractivity (Wildman–Crippen MR) is 68.0 cm³/mol. The third-order valence-corrected chi connectivity index (χ3v) is 4.46. The average molecular weight is 253 g/mol. The summed E-state index contributed by atoms with van der Waals surface area (Å²) in [4.78, 5) is 23.5. The molecule has 0 aromatic rings. The maximum atomic E-state index is 12.3. The Balaban J connectivity index is 1.99. The summed E-state index contributed by atoms with van der Waals surface area (Å²) >= 11 is 0. The number of nitrogens with one attached hydrogen (secondary N) is 1. The minimum absolute atomic E-state index is 0.0565. The number of carbonyl (C=O) groups excluding carboxylic acids is 1. The Bertz CT molecular complexity index is 347. The number of carbonyl (C=O) groups is 2. The van der Waals surface area contributed by atoms with Gasteiger partial charge in [0.15, 0.2) is 0 Å². The summed E-state index contributed by atoms with van der Waals surface area (Å²) in [5, 5.41) is 12.3. The third kappa shape index (κ3) is 2.85. The summed E-state index contributed by atoms with van der Waals surface area (Å²) in [5.41, 5.74) is -0.183. The molecule has 0 radical (unpaired) electrons. The van der Waals surface area contributed by atoms with E-state index in [9.17, 15) is 14.7 Å². The Morgan fingerprint density at radius 3 is 2.11 bits per heavy atom. The predicted octanol–water partition coefficient (Wildman–Crippen LogP) is 2.18. The van der Waals surface area contributed by atoms with Crippen LogP contribution >= 0.6 is 0 Å². The fourth-order valence-corrected chi connectivity index (χ4v) is 3.06. The molecule has 0 aromatic heterocycles. The lowest BCUT2D eigenvalue weighted by Crippen LogP contribution is -2.50. The van der Waals surface area contributed by atoms with Crippen LogP contribution in [0.25, 0.3) is 0 Å². The molecule has 18 heavy (non-hydrogen) atoms. The minimum atomic E-state index is -0.820. The number of rotatable bonds is 4. The highest BCUT2D eigenvalue weighted by molar-refractivity contribution is 5.85. The number of carboxylic acids is 1. The van der Waals surface area contributed by atoms with E-state index in [1.165, 1.54) is 12.8 Å². The second kappa shape index (κ2) is 4.90. The first-order chi connectivity index (χ1) is 8.42. The van der Waals surface area contributed by atoms with Crippen LogP contribution in [0.1, 0.15) is 52.4 Å². The van der Waals surface area contributed by atoms with Crippen LogP contribution < -0.4 is 5.32 Å². The smallest absolute Gasteiger partial charge is 0.307 e. The third-order valence-electron chi connectivity index (χ3n) is 4.46. The van der Waals surface area contributed by atoms with Gasteiger partial charge in [0.2, 0.25) is 5.91 Å². The van der Waals surface area contributed by atoms with Crippen molar-refractivity contribution < 1.29 is 14.7 Å². The van der Waals surface area contributed by atoms with E-state index in [2.05, 4.69) is 5.32 Å². The van der Waals surface area contributed by atoms with E-state index in [-0.39, 0.29) is 17.4 Å². The van der Waals surface area contributed by atoms with Gasteiger partial charge in [0, 0.05) is 5.54 Å². The van der Waals surface area contributed by atoms with Crippen LogP contribution in [0.4, 0.5) is 0 Å². The van der Waals surface area contributed by atoms with E-state index >= 15 is 0 Å². The van der Waals surface area contributed by atoms with Gasteiger partial charge < -0.3 is 10.4 Å². The van der Waals surface area contributed by atoms with Gasteiger partial charge >= 0.3 is 5.97 Å². The van der Waals surface area contributed by atoms with Gasteiger partial charge in [-0.25, -0.2) is 0 Å². The highest BCUT2D eigenvalue weighted by atomic mass is 16.4. The van der Waals surface area contributed by atoms with Crippen molar-refractivity contribution in [3.63, 3.8) is 0 Å². The van der Waals surface area contributed by atoms with Crippen LogP contribution in [0, 0.1) is 17.8 Å². The zero-order valence-electron chi connectivity index (χ0n) is 11.2. The molecule has 4 nitrogen and oxygen atoms in total. The van der Waals surface area contributed by atoms with Gasteiger partial charge in [-0.1, -0.05) is 12.8 Å². The topological polar surface area (TPSA) is 66.4 Å². The molecule has 0 saturated heterocycles. The highest BCUT2D eigenvalue weighted by Gasteiger charge is 2.42. The van der Waals surface area contributed by atoms with E-state index in [1.807, 2.05) is 13.8 Å². The Morgan fingerprint density at radius 2 is 1.61 bits per heavy atom. The van der Waals surface area contributed by atoms with Gasteiger partial charge in [0.1, 0.15) is 0 Å². The van der Waals surface area contributed by atoms with E-state index in [0.717, 1.165) is 12.8 Å². The van der Waals surface area contributed by atoms with Crippen molar-refractivity contribution in [2.45, 2.75) is 57.9 Å². The number of carboxylic acid groups (broad SMARTS) is 1. The fourth-order valence-electron chi connectivity index (χ4n) is 3.06. The summed E-state index contributed by atoms with van der Waals surface area (Å²) in [7, 11) is 0. The van der Waals surface area contributed by atoms with Crippen molar-refractivity contribution in [1.29, 1.82) is 0 Å². The molecular formula is C14H23NO3. The Morgan fingerprint density at radius 1 is 1.06 bits per heavy atom. The van der Waals surface area contributed by atoms with Gasteiger partial charge in [0.25, 0.3) is 0 Å². The number of amides is 1. The molecule has 2 atom stereocenters. The fraction of sp³-hybridized carbons (Fsp3) is 0.857. The van der Waals surface area contributed by atoms with E-state index in [4.69, 9.17) is 0 Å². The van der Waals surface area contributed by atoms with Crippen molar-refractivity contribution in [2.75, 3.05) is 0 Å². The van der Waals surface area contributed by atoms with E-state index in [0.29, 0.717) is 18.8 Å². The Hall–Kier alpha value is -1.06. The molecule has 2 N–H and O–H groups in total. The van der Waals surface area contributed by atoms with Crippen LogP contribution in [0.2, 0.25) is 0 Å². The van der Waals surface area contributed by atoms with Crippen LogP contribution in [-0.2, 0) is 9.59 Å². The molecule has 2 rings (SSSR count). The summed E-state index contributed by atoms with van der Waals surface area (Å²) in [6.07, 6.45) is 5.57. The van der Waals surface area contributed by atoms with Gasteiger partial charge in [-0.15, -0.1) is 0 Å². The average Bonchev–Trinajstić information content (AvgIpc) is 3.12. The molecule has 2 fully saturated rings. The van der Waals surface area contributed by atoms with Crippen molar-refractivity contribution in [1.82, 2.24) is 5.32 Å². The van der Waals surface area contributed by atoms with Crippen LogP contribution in [0.3, 0.4) is 0 Å². The molecule has 0 heterocycles. The quantitative estimate of drug-likeness (QED) is 0.807. The number of hydrogen-bond donors (Lipinski definition) is 2. The monoisotopic (exact) mass is 253 g/mol. The molecule has 0 bridgehead atoms. The van der Waals surface area contributed by atoms with Crippen molar-refractivity contribution >= 4 is 11.9 Å². The molecular weight excluding hydrogens is 230 g/mol. The standard InChI is InChI=1S/C14H23NO3/c1-14(2,9-7-8-9)15-12(16)10-5-3-4-6-11(10)13(17)18/h9-11H,3-8H2,1-2H3,(H,15,16)(H,17,18)/t10-,11+/m1/s1. The largest absolute Gasteiger partial charge is 0.481 e. The molecule has 0 unspecified atom stereocenters. The first kappa shape index (κ1) is 13.4. The van der Waals surface area contributed by atoms with Gasteiger partial charge in [-0.2, -0.15) is 0 Å². The maximum Gasteiger partial charge on any atom is 0.307 e. The SMILES string of the molecule is CC(C)(NC(=O)[C@@H]1CCCC[C@@H]1C(=O)O)C1CC1. The summed E-state index contributed by atoms with van der Waals surface area (Å²) in [6.45, 7) is 4.09. The maximum absolute atomic E-state index is 12.3. The Kier molecular flexibility index (Phi) is 3.64. The number of aliphatic carboxylic acids is 1. The normalized spacial score (nSPS) is 28.8. The lowest BCUT2D eigenvalue weighted by Gasteiger charge is -2.32. The van der Waals surface area contributed by atoms with E-state index in [1.54, 1.807) is 0 Å². The summed E-state index contributed by atoms with van der Waals surface area (Å²) < 4.78 is 0. The second-order valence-corrected chi connectivity index (χ2v) is 6.32. The van der Waals surface area contributed by atoms with Crippen molar-refractivity contribution in [2.24, 2.45) is 17.8 Å². The molecule has 102 valence electrons. The van der Waals surface area contributed by atoms with Crippen molar-refractivity contribution in [3.05, 3.63) is 0 Å². The van der Waals surface area contributed by atoms with Crippen molar-refractivity contribution in [3.8, 4) is 0 Å². The van der Waals surface area contributed by atoms with Gasteiger partial charge in [-0.05, 0) is 45.4 Å². The molecule has 0 aromatic carbocycles. The second-order valence-electron chi connectivity index (χ2n) is 6.32. The molecule has 0 aliphatic heterocycles. The van der Waals surface area contributed by atoms with Crippen LogP contribution in [-0.4, -0.2) is 22.5 Å². The van der Waals surface area contributed by atoms with Crippen LogP contribution in [0.5, 0.6) is 0 Å². The minimum Gasteiger partial charge on any atom is -0.481 e. The van der Waals surface area contributed by atoms with Crippen LogP contribution in [0.15, 0.2) is 0 Å². The summed E-state index contributed by atoms with van der Waals surface area (Å²) in [6, 6.07) is 0. The molecule has 0 spiro atoms.